The molecule has 0 bridgehead atoms. The normalized spacial score (nSPS) is 28.9. The van der Waals surface area contributed by atoms with Crippen LogP contribution >= 0.6 is 11.6 Å². The lowest BCUT2D eigenvalue weighted by molar-refractivity contribution is 0.00990. The van der Waals surface area contributed by atoms with E-state index >= 15 is 0 Å². The maximum Gasteiger partial charge on any atom is 0.257 e. The summed E-state index contributed by atoms with van der Waals surface area (Å²) in [5.41, 5.74) is 7.51. The summed E-state index contributed by atoms with van der Waals surface area (Å²) in [5.74, 6) is 0.819. The van der Waals surface area contributed by atoms with Crippen LogP contribution in [0.4, 0.5) is 4.39 Å². The van der Waals surface area contributed by atoms with E-state index in [1.165, 1.54) is 18.2 Å². The highest BCUT2D eigenvalue weighted by Crippen LogP contribution is 2.32. The van der Waals surface area contributed by atoms with Crippen LogP contribution in [0.5, 0.6) is 5.75 Å². The van der Waals surface area contributed by atoms with Crippen LogP contribution in [0.3, 0.4) is 0 Å². The number of amides is 1. The highest BCUT2D eigenvalue weighted by atomic mass is 35.5. The molecule has 196 valence electrons. The number of hydrogen-bond donors (Lipinski definition) is 2. The Labute approximate surface area is 218 Å². The molecule has 3 aliphatic rings. The minimum absolute atomic E-state index is 0.0856. The Bertz CT molecular complexity index is 1070. The average Bonchev–Trinajstić information content (AvgIpc) is 3.22. The van der Waals surface area contributed by atoms with Gasteiger partial charge in [0.25, 0.3) is 5.91 Å². The van der Waals surface area contributed by atoms with Crippen molar-refractivity contribution in [1.82, 2.24) is 15.1 Å². The minimum Gasteiger partial charge on any atom is -0.489 e. The van der Waals surface area contributed by atoms with Crippen molar-refractivity contribution in [2.45, 2.75) is 71.2 Å². The van der Waals surface area contributed by atoms with E-state index in [4.69, 9.17) is 22.1 Å². The van der Waals surface area contributed by atoms with Crippen molar-refractivity contribution in [2.24, 2.45) is 16.6 Å². The van der Waals surface area contributed by atoms with E-state index in [2.05, 4.69) is 42.9 Å². The molecule has 2 fully saturated rings. The Morgan fingerprint density at radius 3 is 2.81 bits per heavy atom. The first kappa shape index (κ1) is 26.6. The number of likely N-dealkylation sites (tertiary alicyclic amines) is 2. The van der Waals surface area contributed by atoms with Gasteiger partial charge in [0.15, 0.2) is 0 Å². The Kier molecular flexibility index (Phi) is 8.37. The quantitative estimate of drug-likeness (QED) is 0.589. The second-order valence-corrected chi connectivity index (χ2v) is 10.9. The number of nitrogens with one attached hydrogen (secondary N) is 1. The monoisotopic (exact) mass is 517 g/mol. The van der Waals surface area contributed by atoms with Gasteiger partial charge in [0.1, 0.15) is 23.5 Å². The van der Waals surface area contributed by atoms with Gasteiger partial charge in [-0.3, -0.25) is 9.69 Å². The largest absolute Gasteiger partial charge is 0.489 e. The van der Waals surface area contributed by atoms with Gasteiger partial charge in [-0.1, -0.05) is 32.4 Å². The molecule has 0 aromatic heterocycles. The molecule has 2 saturated heterocycles. The molecule has 0 aliphatic carbocycles. The molecular weight excluding hydrogens is 481 g/mol. The van der Waals surface area contributed by atoms with Crippen molar-refractivity contribution in [3.05, 3.63) is 52.2 Å². The summed E-state index contributed by atoms with van der Waals surface area (Å²) in [5, 5.41) is 3.52. The molecule has 1 aromatic rings. The second-order valence-electron chi connectivity index (χ2n) is 10.5. The number of aliphatic imine (C=N–C) groups is 1. The standard InChI is InChI=1S/C27H37ClFN5O2/c1-5-20-10-21(8-17(4)34(20)13-16(2)3)36-25-9-19(29)6-7-22(25)27(35)33-14-23(24(30)15-33)26-31-11-18(28)12-32-26/h6-7,9,11-12,16-17,20-21,24,31H,5,8,10,13-15,30H2,1-4H3/b26-23+. The second kappa shape index (κ2) is 11.3. The summed E-state index contributed by atoms with van der Waals surface area (Å²) < 4.78 is 20.7. The predicted octanol–water partition coefficient (Wildman–Crippen LogP) is 4.24. The lowest BCUT2D eigenvalue weighted by atomic mass is 9.91. The number of nitrogens with zero attached hydrogens (tertiary/aromatic N) is 3. The van der Waals surface area contributed by atoms with E-state index in [1.54, 1.807) is 17.3 Å². The molecule has 0 radical (unpaired) electrons. The van der Waals surface area contributed by atoms with Crippen molar-refractivity contribution in [3.63, 3.8) is 0 Å². The Hall–Kier alpha value is -2.42. The van der Waals surface area contributed by atoms with Gasteiger partial charge >= 0.3 is 0 Å². The van der Waals surface area contributed by atoms with E-state index < -0.39 is 5.82 Å². The lowest BCUT2D eigenvalue weighted by Crippen LogP contribution is -2.51. The minimum atomic E-state index is -0.427. The third-order valence-corrected chi connectivity index (χ3v) is 7.38. The van der Waals surface area contributed by atoms with Gasteiger partial charge in [0, 0.05) is 61.8 Å². The van der Waals surface area contributed by atoms with E-state index in [1.807, 2.05) is 0 Å². The maximum atomic E-state index is 14.3. The van der Waals surface area contributed by atoms with E-state index in [0.717, 1.165) is 31.4 Å². The van der Waals surface area contributed by atoms with Gasteiger partial charge in [0.2, 0.25) is 0 Å². The van der Waals surface area contributed by atoms with Gasteiger partial charge in [-0.25, -0.2) is 9.38 Å². The highest BCUT2D eigenvalue weighted by Gasteiger charge is 2.36. The summed E-state index contributed by atoms with van der Waals surface area (Å²) in [7, 11) is 0. The first-order valence-corrected chi connectivity index (χ1v) is 13.2. The third-order valence-electron chi connectivity index (χ3n) is 7.17. The highest BCUT2D eigenvalue weighted by molar-refractivity contribution is 6.39. The molecule has 7 nitrogen and oxygen atoms in total. The molecule has 1 aromatic carbocycles. The third kappa shape index (κ3) is 5.93. The van der Waals surface area contributed by atoms with Crippen LogP contribution in [-0.4, -0.2) is 65.8 Å². The molecule has 3 heterocycles. The number of nitrogens with two attached hydrogens (primary N) is 1. The van der Waals surface area contributed by atoms with Crippen LogP contribution in [0.15, 0.2) is 45.8 Å². The molecule has 9 heteroatoms. The molecule has 0 spiro atoms. The molecular formula is C27H37ClFN5O2. The first-order chi connectivity index (χ1) is 17.2. The van der Waals surface area contributed by atoms with Crippen LogP contribution in [0, 0.1) is 11.7 Å². The smallest absolute Gasteiger partial charge is 0.257 e. The van der Waals surface area contributed by atoms with Gasteiger partial charge < -0.3 is 20.7 Å². The Morgan fingerprint density at radius 1 is 1.36 bits per heavy atom. The lowest BCUT2D eigenvalue weighted by Gasteiger charge is -2.44. The molecule has 3 N–H and O–H groups in total. The van der Waals surface area contributed by atoms with Gasteiger partial charge in [0.05, 0.1) is 10.6 Å². The topological polar surface area (TPSA) is 83.2 Å². The van der Waals surface area contributed by atoms with Gasteiger partial charge in [-0.05, 0) is 44.2 Å². The van der Waals surface area contributed by atoms with Crippen LogP contribution in [0.25, 0.3) is 0 Å². The number of halogens is 2. The summed E-state index contributed by atoms with van der Waals surface area (Å²) >= 11 is 5.94. The zero-order valence-corrected chi connectivity index (χ0v) is 22.3. The summed E-state index contributed by atoms with van der Waals surface area (Å²) in [6.07, 6.45) is 5.79. The molecule has 36 heavy (non-hydrogen) atoms. The number of ether oxygens (including phenoxy) is 1. The summed E-state index contributed by atoms with van der Waals surface area (Å²) in [6.45, 7) is 10.6. The first-order valence-electron chi connectivity index (χ1n) is 12.8. The molecule has 3 aliphatic heterocycles. The summed E-state index contributed by atoms with van der Waals surface area (Å²) in [4.78, 5) is 22.1. The number of carbonyl (C=O) groups excluding carboxylic acids is 1. The predicted molar refractivity (Wildman–Crippen MR) is 142 cm³/mol. The molecule has 4 unspecified atom stereocenters. The van der Waals surface area contributed by atoms with Crippen LogP contribution in [0.1, 0.15) is 57.3 Å². The van der Waals surface area contributed by atoms with Crippen molar-refractivity contribution in [2.75, 3.05) is 19.6 Å². The number of benzene rings is 1. The van der Waals surface area contributed by atoms with Gasteiger partial charge in [-0.2, -0.15) is 0 Å². The number of rotatable bonds is 6. The van der Waals surface area contributed by atoms with E-state index in [0.29, 0.717) is 53.3 Å². The van der Waals surface area contributed by atoms with Crippen LogP contribution in [0.2, 0.25) is 0 Å². The molecule has 1 amide bonds. The summed E-state index contributed by atoms with van der Waals surface area (Å²) in [6, 6.07) is 4.52. The number of carbonyl (C=O) groups is 1. The van der Waals surface area contributed by atoms with Crippen LogP contribution in [-0.2, 0) is 0 Å². The maximum absolute atomic E-state index is 14.3. The van der Waals surface area contributed by atoms with Gasteiger partial charge in [-0.15, -0.1) is 0 Å². The molecule has 4 rings (SSSR count). The fourth-order valence-corrected chi connectivity index (χ4v) is 5.54. The van der Waals surface area contributed by atoms with E-state index in [9.17, 15) is 9.18 Å². The van der Waals surface area contributed by atoms with Crippen molar-refractivity contribution in [3.8, 4) is 5.75 Å². The number of piperidine rings is 1. The fraction of sp³-hybridized carbons (Fsp3) is 0.556. The Morgan fingerprint density at radius 2 is 2.14 bits per heavy atom. The average molecular weight is 518 g/mol. The van der Waals surface area contributed by atoms with E-state index in [-0.39, 0.29) is 18.1 Å². The zero-order valence-electron chi connectivity index (χ0n) is 21.5. The van der Waals surface area contributed by atoms with Crippen molar-refractivity contribution < 1.29 is 13.9 Å². The Balaban J connectivity index is 1.51. The van der Waals surface area contributed by atoms with Crippen molar-refractivity contribution >= 4 is 23.7 Å². The fourth-order valence-electron chi connectivity index (χ4n) is 5.43. The number of allylic oxidation sites excluding steroid dienone is 1. The number of hydrogen-bond acceptors (Lipinski definition) is 6. The zero-order chi connectivity index (χ0) is 26.0. The SMILES string of the molecule is CCC1CC(Oc2cc(F)ccc2C(=O)N2C/C(=C3\N=CC(Cl)=CN3)C(N)C2)CC(C)N1CC(C)C. The van der Waals surface area contributed by atoms with Crippen molar-refractivity contribution in [1.29, 1.82) is 0 Å². The molecule has 0 saturated carbocycles. The molecule has 4 atom stereocenters. The van der Waals surface area contributed by atoms with Crippen LogP contribution < -0.4 is 15.8 Å².